The molecule has 24 heavy (non-hydrogen) atoms. The predicted octanol–water partition coefficient (Wildman–Crippen LogP) is 3.02. The summed E-state index contributed by atoms with van der Waals surface area (Å²) in [5.41, 5.74) is 0.120. The molecule has 4 rings (SSSR count). The number of hydrogen-bond donors (Lipinski definition) is 0. The third kappa shape index (κ3) is 3.18. The molecule has 2 saturated heterocycles. The number of nitrogens with zero attached hydrogens (tertiary/aromatic N) is 3. The normalized spacial score (nSPS) is 24.8. The number of ether oxygens (including phenoxy) is 1. The zero-order valence-corrected chi connectivity index (χ0v) is 13.3. The van der Waals surface area contributed by atoms with E-state index in [0.717, 1.165) is 38.6 Å². The van der Waals surface area contributed by atoms with Crippen LogP contribution in [-0.2, 0) is 11.3 Å². The van der Waals surface area contributed by atoms with Gasteiger partial charge in [0.25, 0.3) is 5.89 Å². The summed E-state index contributed by atoms with van der Waals surface area (Å²) >= 11 is 0. The average Bonchev–Trinajstić information content (AvgIpc) is 3.03. The molecule has 0 radical (unpaired) electrons. The second-order valence-corrected chi connectivity index (χ2v) is 6.48. The van der Waals surface area contributed by atoms with Crippen molar-refractivity contribution < 1.29 is 18.0 Å². The van der Waals surface area contributed by atoms with E-state index in [9.17, 15) is 8.78 Å². The van der Waals surface area contributed by atoms with Crippen LogP contribution in [0.15, 0.2) is 22.7 Å². The van der Waals surface area contributed by atoms with E-state index >= 15 is 0 Å². The fourth-order valence-corrected chi connectivity index (χ4v) is 3.60. The summed E-state index contributed by atoms with van der Waals surface area (Å²) in [6, 6.07) is 3.30. The lowest BCUT2D eigenvalue weighted by Crippen LogP contribution is -2.45. The van der Waals surface area contributed by atoms with Gasteiger partial charge in [-0.25, -0.2) is 8.78 Å². The van der Waals surface area contributed by atoms with Gasteiger partial charge in [-0.3, -0.25) is 4.90 Å². The van der Waals surface area contributed by atoms with Gasteiger partial charge in [-0.1, -0.05) is 5.16 Å². The maximum atomic E-state index is 13.8. The van der Waals surface area contributed by atoms with Gasteiger partial charge in [0.15, 0.2) is 5.82 Å². The van der Waals surface area contributed by atoms with Gasteiger partial charge in [-0.2, -0.15) is 4.98 Å². The maximum Gasteiger partial charge on any atom is 0.260 e. The van der Waals surface area contributed by atoms with E-state index in [1.807, 2.05) is 0 Å². The van der Waals surface area contributed by atoms with Crippen LogP contribution >= 0.6 is 0 Å². The monoisotopic (exact) mass is 335 g/mol. The molecule has 0 amide bonds. The van der Waals surface area contributed by atoms with Crippen molar-refractivity contribution in [2.75, 3.05) is 19.7 Å². The first-order chi connectivity index (χ1) is 11.7. The molecular weight excluding hydrogens is 316 g/mol. The van der Waals surface area contributed by atoms with Gasteiger partial charge in [-0.15, -0.1) is 0 Å². The molecule has 2 aliphatic rings. The van der Waals surface area contributed by atoms with Gasteiger partial charge in [0.2, 0.25) is 0 Å². The Balaban J connectivity index is 1.44. The standard InChI is InChI=1S/C17H19F2N3O2/c18-12-3-4-13(14(19)8-12)17-20-16(21-24-17)10-22-6-5-15-11(9-22)2-1-7-23-15/h3-4,8,11,15H,1-2,5-7,9-10H2/t11-,15-/m1/s1. The summed E-state index contributed by atoms with van der Waals surface area (Å²) in [6.07, 6.45) is 3.70. The minimum absolute atomic E-state index is 0.0818. The van der Waals surface area contributed by atoms with Crippen LogP contribution in [0.1, 0.15) is 25.1 Å². The third-order valence-corrected chi connectivity index (χ3v) is 4.79. The molecule has 1 aromatic heterocycles. The second-order valence-electron chi connectivity index (χ2n) is 6.48. The molecule has 0 aliphatic carbocycles. The van der Waals surface area contributed by atoms with Crippen LogP contribution in [0, 0.1) is 17.6 Å². The Hall–Kier alpha value is -1.86. The molecule has 2 atom stereocenters. The largest absolute Gasteiger partial charge is 0.378 e. The van der Waals surface area contributed by atoms with Gasteiger partial charge in [0.05, 0.1) is 18.2 Å². The zero-order chi connectivity index (χ0) is 16.5. The van der Waals surface area contributed by atoms with Crippen LogP contribution in [0.2, 0.25) is 0 Å². The molecule has 0 N–H and O–H groups in total. The third-order valence-electron chi connectivity index (χ3n) is 4.79. The van der Waals surface area contributed by atoms with Crippen molar-refractivity contribution in [1.82, 2.24) is 15.0 Å². The number of aromatic nitrogens is 2. The fraction of sp³-hybridized carbons (Fsp3) is 0.529. The molecule has 2 fully saturated rings. The highest BCUT2D eigenvalue weighted by Gasteiger charge is 2.32. The molecular formula is C17H19F2N3O2. The Bertz CT molecular complexity index is 722. The Morgan fingerprint density at radius 3 is 3.04 bits per heavy atom. The highest BCUT2D eigenvalue weighted by atomic mass is 19.1. The van der Waals surface area contributed by atoms with Crippen LogP contribution in [0.5, 0.6) is 0 Å². The highest BCUT2D eigenvalue weighted by Crippen LogP contribution is 2.29. The van der Waals surface area contributed by atoms with Gasteiger partial charge in [0.1, 0.15) is 11.6 Å². The molecule has 2 aliphatic heterocycles. The van der Waals surface area contributed by atoms with E-state index in [-0.39, 0.29) is 11.5 Å². The van der Waals surface area contributed by atoms with Crippen LogP contribution < -0.4 is 0 Å². The maximum absolute atomic E-state index is 13.8. The van der Waals surface area contributed by atoms with Crippen molar-refractivity contribution in [3.05, 3.63) is 35.7 Å². The van der Waals surface area contributed by atoms with E-state index < -0.39 is 11.6 Å². The fourth-order valence-electron chi connectivity index (χ4n) is 3.60. The number of halogens is 2. The first-order valence-corrected chi connectivity index (χ1v) is 8.31. The minimum Gasteiger partial charge on any atom is -0.378 e. The van der Waals surface area contributed by atoms with Crippen molar-refractivity contribution in [3.63, 3.8) is 0 Å². The molecule has 0 saturated carbocycles. The van der Waals surface area contributed by atoms with Crippen LogP contribution in [0.3, 0.4) is 0 Å². The summed E-state index contributed by atoms with van der Waals surface area (Å²) in [4.78, 5) is 6.54. The first-order valence-electron chi connectivity index (χ1n) is 8.31. The lowest BCUT2D eigenvalue weighted by molar-refractivity contribution is -0.0680. The minimum atomic E-state index is -0.703. The number of rotatable bonds is 3. The SMILES string of the molecule is Fc1ccc(-c2nc(CN3CC[C@H]4OCCC[C@@H]4C3)no2)c(F)c1. The van der Waals surface area contributed by atoms with Crippen molar-refractivity contribution in [2.45, 2.75) is 31.9 Å². The van der Waals surface area contributed by atoms with E-state index in [2.05, 4.69) is 15.0 Å². The zero-order valence-electron chi connectivity index (χ0n) is 13.3. The number of benzene rings is 1. The van der Waals surface area contributed by atoms with E-state index in [0.29, 0.717) is 24.4 Å². The molecule has 128 valence electrons. The number of piperidine rings is 1. The summed E-state index contributed by atoms with van der Waals surface area (Å²) in [5.74, 6) is -0.172. The van der Waals surface area contributed by atoms with Crippen LogP contribution in [0.4, 0.5) is 8.78 Å². The van der Waals surface area contributed by atoms with E-state index in [4.69, 9.17) is 9.26 Å². The lowest BCUT2D eigenvalue weighted by atomic mass is 9.88. The molecule has 2 aromatic rings. The molecule has 1 aromatic carbocycles. The Kier molecular flexibility index (Phi) is 4.28. The van der Waals surface area contributed by atoms with Crippen LogP contribution in [0.25, 0.3) is 11.5 Å². The van der Waals surface area contributed by atoms with E-state index in [1.54, 1.807) is 0 Å². The van der Waals surface area contributed by atoms with Gasteiger partial charge in [0, 0.05) is 25.8 Å². The molecule has 7 heteroatoms. The summed E-state index contributed by atoms with van der Waals surface area (Å²) in [7, 11) is 0. The summed E-state index contributed by atoms with van der Waals surface area (Å²) in [6.45, 7) is 3.32. The predicted molar refractivity (Wildman–Crippen MR) is 82.0 cm³/mol. The van der Waals surface area contributed by atoms with Crippen molar-refractivity contribution in [3.8, 4) is 11.5 Å². The van der Waals surface area contributed by atoms with Crippen molar-refractivity contribution in [1.29, 1.82) is 0 Å². The topological polar surface area (TPSA) is 51.4 Å². The summed E-state index contributed by atoms with van der Waals surface area (Å²) < 4.78 is 37.7. The molecule has 0 spiro atoms. The Labute approximate surface area is 138 Å². The second kappa shape index (κ2) is 6.57. The Morgan fingerprint density at radius 1 is 1.25 bits per heavy atom. The first kappa shape index (κ1) is 15.7. The average molecular weight is 335 g/mol. The molecule has 0 bridgehead atoms. The van der Waals surface area contributed by atoms with Gasteiger partial charge < -0.3 is 9.26 Å². The number of likely N-dealkylation sites (tertiary alicyclic amines) is 1. The Morgan fingerprint density at radius 2 is 2.17 bits per heavy atom. The molecule has 0 unspecified atom stereocenters. The smallest absolute Gasteiger partial charge is 0.260 e. The van der Waals surface area contributed by atoms with Crippen LogP contribution in [-0.4, -0.2) is 40.8 Å². The van der Waals surface area contributed by atoms with Gasteiger partial charge >= 0.3 is 0 Å². The van der Waals surface area contributed by atoms with E-state index in [1.165, 1.54) is 18.6 Å². The quantitative estimate of drug-likeness (QED) is 0.863. The molecule has 3 heterocycles. The number of hydrogen-bond acceptors (Lipinski definition) is 5. The number of fused-ring (bicyclic) bond motifs is 1. The molecule has 5 nitrogen and oxygen atoms in total. The lowest BCUT2D eigenvalue weighted by Gasteiger charge is -2.40. The van der Waals surface area contributed by atoms with Crippen molar-refractivity contribution >= 4 is 0 Å². The highest BCUT2D eigenvalue weighted by molar-refractivity contribution is 5.53. The van der Waals surface area contributed by atoms with Gasteiger partial charge in [-0.05, 0) is 37.3 Å². The van der Waals surface area contributed by atoms with Crippen molar-refractivity contribution in [2.24, 2.45) is 5.92 Å². The summed E-state index contributed by atoms with van der Waals surface area (Å²) in [5, 5.41) is 3.93.